The number of carbonyl (C=O) groups is 2. The predicted molar refractivity (Wildman–Crippen MR) is 64.1 cm³/mol. The van der Waals surface area contributed by atoms with Gasteiger partial charge in [-0.15, -0.1) is 0 Å². The summed E-state index contributed by atoms with van der Waals surface area (Å²) in [5.41, 5.74) is 1.13. The third-order valence-corrected chi connectivity index (χ3v) is 2.99. The fourth-order valence-electron chi connectivity index (χ4n) is 2.14. The number of halogens is 1. The monoisotopic (exact) mass is 251 g/mol. The molecule has 0 bridgehead atoms. The molecule has 0 saturated carbocycles. The van der Waals surface area contributed by atoms with Gasteiger partial charge in [0.25, 0.3) is 11.7 Å². The zero-order valence-electron chi connectivity index (χ0n) is 10.2. The number of amides is 1. The minimum absolute atomic E-state index is 0.114. The predicted octanol–water partition coefficient (Wildman–Crippen LogP) is 1.43. The van der Waals surface area contributed by atoms with Gasteiger partial charge in [-0.05, 0) is 38.0 Å². The van der Waals surface area contributed by atoms with E-state index in [1.165, 1.54) is 11.0 Å². The Balaban J connectivity index is 2.42. The third-order valence-electron chi connectivity index (χ3n) is 2.99. The van der Waals surface area contributed by atoms with Crippen LogP contribution in [-0.2, 0) is 4.79 Å². The van der Waals surface area contributed by atoms with E-state index >= 15 is 0 Å². The molecular weight excluding hydrogens is 237 g/mol. The van der Waals surface area contributed by atoms with Gasteiger partial charge in [-0.3, -0.25) is 9.59 Å². The molecule has 5 heteroatoms. The fraction of sp³-hybridized carbons (Fsp3) is 0.385. The zero-order chi connectivity index (χ0) is 13.4. The summed E-state index contributed by atoms with van der Waals surface area (Å²) >= 11 is 0. The molecule has 0 spiro atoms. The van der Waals surface area contributed by atoms with Gasteiger partial charge in [0.05, 0.1) is 17.4 Å². The lowest BCUT2D eigenvalue weighted by molar-refractivity contribution is -0.114. The quantitative estimate of drug-likeness (QED) is 0.827. The van der Waals surface area contributed by atoms with Crippen LogP contribution in [-0.4, -0.2) is 29.4 Å². The van der Waals surface area contributed by atoms with Crippen molar-refractivity contribution in [3.05, 3.63) is 29.1 Å². The number of nitrogens with zero attached hydrogens (tertiary/aromatic N) is 1. The number of hydrogen-bond acceptors (Lipinski definition) is 3. The maximum absolute atomic E-state index is 13.2. The van der Waals surface area contributed by atoms with E-state index in [-0.39, 0.29) is 12.1 Å². The Morgan fingerprint density at radius 2 is 2.06 bits per heavy atom. The molecule has 0 saturated heterocycles. The van der Waals surface area contributed by atoms with E-state index < -0.39 is 23.6 Å². The first-order valence-corrected chi connectivity index (χ1v) is 5.76. The normalized spacial score (nSPS) is 16.1. The number of aryl methyl sites for hydroxylation is 1. The summed E-state index contributed by atoms with van der Waals surface area (Å²) in [5.74, 6) is -1.86. The fourth-order valence-corrected chi connectivity index (χ4v) is 2.14. The maximum atomic E-state index is 13.2. The Labute approximate surface area is 104 Å². The Morgan fingerprint density at radius 3 is 2.67 bits per heavy atom. The molecular formula is C13H14FNO3. The van der Waals surface area contributed by atoms with Crippen molar-refractivity contribution in [2.75, 3.05) is 11.4 Å². The molecule has 4 nitrogen and oxygen atoms in total. The van der Waals surface area contributed by atoms with Gasteiger partial charge in [-0.25, -0.2) is 4.39 Å². The molecule has 1 unspecified atom stereocenters. The van der Waals surface area contributed by atoms with E-state index in [0.29, 0.717) is 17.7 Å². The molecule has 18 heavy (non-hydrogen) atoms. The Kier molecular flexibility index (Phi) is 3.17. The van der Waals surface area contributed by atoms with E-state index in [2.05, 4.69) is 0 Å². The lowest BCUT2D eigenvalue weighted by atomic mass is 10.1. The van der Waals surface area contributed by atoms with Crippen LogP contribution in [0.15, 0.2) is 12.1 Å². The summed E-state index contributed by atoms with van der Waals surface area (Å²) in [5, 5.41) is 9.24. The van der Waals surface area contributed by atoms with Crippen LogP contribution in [0.2, 0.25) is 0 Å². The van der Waals surface area contributed by atoms with Crippen LogP contribution in [0.5, 0.6) is 0 Å². The number of benzene rings is 1. The smallest absolute Gasteiger partial charge is 0.299 e. The Morgan fingerprint density at radius 1 is 1.39 bits per heavy atom. The van der Waals surface area contributed by atoms with Crippen molar-refractivity contribution in [1.29, 1.82) is 0 Å². The van der Waals surface area contributed by atoms with E-state index in [0.717, 1.165) is 6.07 Å². The second kappa shape index (κ2) is 4.49. The van der Waals surface area contributed by atoms with Crippen molar-refractivity contribution in [1.82, 2.24) is 0 Å². The van der Waals surface area contributed by atoms with Gasteiger partial charge in [0, 0.05) is 6.54 Å². The summed E-state index contributed by atoms with van der Waals surface area (Å²) in [6.45, 7) is 3.52. The van der Waals surface area contributed by atoms with Gasteiger partial charge in [0.2, 0.25) is 0 Å². The van der Waals surface area contributed by atoms with E-state index in [9.17, 15) is 19.1 Å². The number of carbonyl (C=O) groups excluding carboxylic acids is 2. The average Bonchev–Trinajstić information content (AvgIpc) is 2.51. The molecule has 1 amide bonds. The number of rotatable bonds is 3. The van der Waals surface area contributed by atoms with Crippen LogP contribution in [0, 0.1) is 12.7 Å². The lowest BCUT2D eigenvalue weighted by Gasteiger charge is -2.19. The first-order chi connectivity index (χ1) is 8.41. The van der Waals surface area contributed by atoms with Crippen molar-refractivity contribution in [3.63, 3.8) is 0 Å². The lowest BCUT2D eigenvalue weighted by Crippen LogP contribution is -2.32. The molecule has 0 fully saturated rings. The molecule has 0 aromatic heterocycles. The highest BCUT2D eigenvalue weighted by atomic mass is 19.1. The van der Waals surface area contributed by atoms with Crippen molar-refractivity contribution in [2.24, 2.45) is 0 Å². The van der Waals surface area contributed by atoms with Gasteiger partial charge < -0.3 is 10.0 Å². The van der Waals surface area contributed by atoms with Gasteiger partial charge in [-0.1, -0.05) is 0 Å². The number of aliphatic hydroxyl groups is 1. The standard InChI is InChI=1S/C13H14FNO3/c1-7-5-9(14)6-10-11(7)15(4-3-8(2)16)13(18)12(10)17/h5-6,8,16H,3-4H2,1-2H3. The summed E-state index contributed by atoms with van der Waals surface area (Å²) in [4.78, 5) is 24.9. The van der Waals surface area contributed by atoms with Crippen molar-refractivity contribution in [2.45, 2.75) is 26.4 Å². The summed E-state index contributed by atoms with van der Waals surface area (Å²) < 4.78 is 13.2. The number of fused-ring (bicyclic) bond motifs is 1. The first kappa shape index (κ1) is 12.7. The molecule has 0 aliphatic carbocycles. The summed E-state index contributed by atoms with van der Waals surface area (Å²) in [6, 6.07) is 2.38. The maximum Gasteiger partial charge on any atom is 0.299 e. The highest BCUT2D eigenvalue weighted by Crippen LogP contribution is 2.33. The van der Waals surface area contributed by atoms with E-state index in [1.54, 1.807) is 13.8 Å². The number of hydrogen-bond donors (Lipinski definition) is 1. The molecule has 1 aliphatic heterocycles. The minimum Gasteiger partial charge on any atom is -0.393 e. The molecule has 2 rings (SSSR count). The third kappa shape index (κ3) is 2.01. The van der Waals surface area contributed by atoms with Crippen LogP contribution >= 0.6 is 0 Å². The highest BCUT2D eigenvalue weighted by Gasteiger charge is 2.37. The van der Waals surface area contributed by atoms with E-state index in [4.69, 9.17) is 0 Å². The van der Waals surface area contributed by atoms with Gasteiger partial charge in [0.15, 0.2) is 0 Å². The van der Waals surface area contributed by atoms with E-state index in [1.807, 2.05) is 0 Å². The second-order valence-electron chi connectivity index (χ2n) is 4.54. The topological polar surface area (TPSA) is 57.6 Å². The number of aliphatic hydroxyl groups excluding tert-OH is 1. The Bertz CT molecular complexity index is 525. The molecule has 1 aliphatic rings. The highest BCUT2D eigenvalue weighted by molar-refractivity contribution is 6.52. The van der Waals surface area contributed by atoms with Crippen LogP contribution in [0.3, 0.4) is 0 Å². The molecule has 1 aromatic rings. The van der Waals surface area contributed by atoms with Crippen molar-refractivity contribution < 1.29 is 19.1 Å². The number of ketones is 1. The molecule has 0 radical (unpaired) electrons. The molecule has 1 aromatic carbocycles. The summed E-state index contributed by atoms with van der Waals surface area (Å²) in [6.07, 6.45) is -0.187. The molecule has 1 heterocycles. The van der Waals surface area contributed by atoms with Crippen LogP contribution < -0.4 is 4.90 Å². The zero-order valence-corrected chi connectivity index (χ0v) is 10.2. The van der Waals surface area contributed by atoms with Crippen LogP contribution in [0.1, 0.15) is 29.3 Å². The number of Topliss-reactive ketones (excluding diaryl/α,β-unsaturated/α-hetero) is 1. The van der Waals surface area contributed by atoms with Crippen molar-refractivity contribution >= 4 is 17.4 Å². The molecule has 96 valence electrons. The first-order valence-electron chi connectivity index (χ1n) is 5.76. The van der Waals surface area contributed by atoms with Crippen LogP contribution in [0.4, 0.5) is 10.1 Å². The largest absolute Gasteiger partial charge is 0.393 e. The van der Waals surface area contributed by atoms with Gasteiger partial charge in [-0.2, -0.15) is 0 Å². The van der Waals surface area contributed by atoms with Crippen LogP contribution in [0.25, 0.3) is 0 Å². The molecule has 1 atom stereocenters. The van der Waals surface area contributed by atoms with Crippen molar-refractivity contribution in [3.8, 4) is 0 Å². The van der Waals surface area contributed by atoms with Gasteiger partial charge >= 0.3 is 0 Å². The second-order valence-corrected chi connectivity index (χ2v) is 4.54. The molecule has 1 N–H and O–H groups in total. The minimum atomic E-state index is -0.682. The Hall–Kier alpha value is -1.75. The van der Waals surface area contributed by atoms with Gasteiger partial charge in [0.1, 0.15) is 5.82 Å². The average molecular weight is 251 g/mol. The number of anilines is 1. The SMILES string of the molecule is Cc1cc(F)cc2c1N(CCC(C)O)C(=O)C2=O. The summed E-state index contributed by atoms with van der Waals surface area (Å²) in [7, 11) is 0.